The van der Waals surface area contributed by atoms with E-state index in [9.17, 15) is 4.79 Å². The first-order valence-corrected chi connectivity index (χ1v) is 6.75. The zero-order chi connectivity index (χ0) is 14.1. The van der Waals surface area contributed by atoms with Crippen LogP contribution in [-0.2, 0) is 0 Å². The lowest BCUT2D eigenvalue weighted by molar-refractivity contribution is 0.112. The van der Waals surface area contributed by atoms with Gasteiger partial charge in [-0.2, -0.15) is 0 Å². The highest BCUT2D eigenvalue weighted by atomic mass is 16.1. The van der Waals surface area contributed by atoms with Gasteiger partial charge < -0.3 is 0 Å². The molecule has 0 bridgehead atoms. The Balaban J connectivity index is 2.35. The zero-order valence-electron chi connectivity index (χ0n) is 11.7. The molecule has 0 unspecified atom stereocenters. The summed E-state index contributed by atoms with van der Waals surface area (Å²) in [6.45, 7) is 4.21. The molecule has 0 aliphatic carbocycles. The van der Waals surface area contributed by atoms with Crippen molar-refractivity contribution in [2.24, 2.45) is 0 Å². The minimum absolute atomic E-state index is 0.718. The summed E-state index contributed by atoms with van der Waals surface area (Å²) in [7, 11) is 0. The Bertz CT molecular complexity index is 800. The lowest BCUT2D eigenvalue weighted by Gasteiger charge is -2.12. The molecule has 0 spiro atoms. The fraction of sp³-hybridized carbons (Fsp3) is 0.105. The summed E-state index contributed by atoms with van der Waals surface area (Å²) in [6.07, 6.45) is 0.902. The Kier molecular flexibility index (Phi) is 3.11. The largest absolute Gasteiger partial charge is 0.298 e. The van der Waals surface area contributed by atoms with Gasteiger partial charge in [-0.3, -0.25) is 4.79 Å². The van der Waals surface area contributed by atoms with Gasteiger partial charge in [-0.25, -0.2) is 0 Å². The fourth-order valence-corrected chi connectivity index (χ4v) is 2.69. The molecule has 0 radical (unpaired) electrons. The van der Waals surface area contributed by atoms with E-state index in [-0.39, 0.29) is 0 Å². The van der Waals surface area contributed by atoms with Crippen molar-refractivity contribution >= 4 is 17.1 Å². The van der Waals surface area contributed by atoms with Crippen LogP contribution < -0.4 is 0 Å². The van der Waals surface area contributed by atoms with E-state index in [1.165, 1.54) is 27.5 Å². The molecule has 0 aromatic heterocycles. The summed E-state index contributed by atoms with van der Waals surface area (Å²) in [5, 5.41) is 2.50. The van der Waals surface area contributed by atoms with E-state index in [1.54, 1.807) is 0 Å². The lowest BCUT2D eigenvalue weighted by Crippen LogP contribution is -1.89. The van der Waals surface area contributed by atoms with Crippen LogP contribution >= 0.6 is 0 Å². The number of aryl methyl sites for hydroxylation is 2. The molecular formula is C19H16O. The number of benzene rings is 3. The van der Waals surface area contributed by atoms with Crippen LogP contribution in [0.2, 0.25) is 0 Å². The van der Waals surface area contributed by atoms with Gasteiger partial charge in [0, 0.05) is 5.56 Å². The Morgan fingerprint density at radius 2 is 1.45 bits per heavy atom. The predicted molar refractivity (Wildman–Crippen MR) is 84.2 cm³/mol. The van der Waals surface area contributed by atoms with E-state index >= 15 is 0 Å². The number of rotatable bonds is 2. The molecule has 3 rings (SSSR count). The van der Waals surface area contributed by atoms with Crippen LogP contribution in [0.15, 0.2) is 54.6 Å². The first-order valence-electron chi connectivity index (χ1n) is 6.75. The molecule has 3 aromatic rings. The minimum Gasteiger partial charge on any atom is -0.298 e. The van der Waals surface area contributed by atoms with E-state index < -0.39 is 0 Å². The molecule has 0 saturated carbocycles. The molecule has 0 atom stereocenters. The molecule has 98 valence electrons. The molecule has 0 amide bonds. The fourth-order valence-electron chi connectivity index (χ4n) is 2.69. The molecule has 20 heavy (non-hydrogen) atoms. The second-order valence-corrected chi connectivity index (χ2v) is 5.17. The van der Waals surface area contributed by atoms with Crippen LogP contribution in [0.25, 0.3) is 21.9 Å². The Hall–Kier alpha value is -2.41. The Labute approximate surface area is 118 Å². The molecule has 0 fully saturated rings. The Morgan fingerprint density at radius 3 is 2.20 bits per heavy atom. The third-order valence-electron chi connectivity index (χ3n) is 3.83. The third-order valence-corrected chi connectivity index (χ3v) is 3.83. The highest BCUT2D eigenvalue weighted by Crippen LogP contribution is 2.32. The second-order valence-electron chi connectivity index (χ2n) is 5.17. The molecule has 0 aliphatic rings. The molecule has 0 heterocycles. The van der Waals surface area contributed by atoms with Gasteiger partial charge in [0.1, 0.15) is 6.29 Å². The van der Waals surface area contributed by atoms with E-state index in [0.717, 1.165) is 17.4 Å². The number of carbonyl (C=O) groups is 1. The van der Waals surface area contributed by atoms with Gasteiger partial charge in [-0.15, -0.1) is 0 Å². The molecule has 1 nitrogen and oxygen atoms in total. The number of hydrogen-bond donors (Lipinski definition) is 0. The highest BCUT2D eigenvalue weighted by molar-refractivity contribution is 5.99. The SMILES string of the molecule is Cc1ccc(C=O)cc1-c1ccc(C)c2ccccc12. The lowest BCUT2D eigenvalue weighted by atomic mass is 9.92. The van der Waals surface area contributed by atoms with Crippen LogP contribution in [0.3, 0.4) is 0 Å². The topological polar surface area (TPSA) is 17.1 Å². The maximum absolute atomic E-state index is 11.0. The smallest absolute Gasteiger partial charge is 0.150 e. The van der Waals surface area contributed by atoms with Crippen LogP contribution in [-0.4, -0.2) is 6.29 Å². The average Bonchev–Trinajstić information content (AvgIpc) is 2.49. The van der Waals surface area contributed by atoms with E-state index in [0.29, 0.717) is 0 Å². The van der Waals surface area contributed by atoms with Crippen LogP contribution in [0.4, 0.5) is 0 Å². The second kappa shape index (κ2) is 4.93. The van der Waals surface area contributed by atoms with Crippen molar-refractivity contribution in [3.8, 4) is 11.1 Å². The van der Waals surface area contributed by atoms with E-state index in [2.05, 4.69) is 50.2 Å². The van der Waals surface area contributed by atoms with Crippen molar-refractivity contribution in [2.45, 2.75) is 13.8 Å². The van der Waals surface area contributed by atoms with Gasteiger partial charge >= 0.3 is 0 Å². The number of fused-ring (bicyclic) bond motifs is 1. The molecule has 1 heteroatoms. The van der Waals surface area contributed by atoms with Crippen molar-refractivity contribution in [1.29, 1.82) is 0 Å². The summed E-state index contributed by atoms with van der Waals surface area (Å²) in [5.74, 6) is 0. The number of carbonyl (C=O) groups excluding carboxylic acids is 1. The summed E-state index contributed by atoms with van der Waals surface area (Å²) < 4.78 is 0. The Morgan fingerprint density at radius 1 is 0.750 bits per heavy atom. The summed E-state index contributed by atoms with van der Waals surface area (Å²) in [4.78, 5) is 11.0. The van der Waals surface area contributed by atoms with E-state index in [4.69, 9.17) is 0 Å². The first-order chi connectivity index (χ1) is 9.70. The normalized spacial score (nSPS) is 10.7. The molecule has 0 N–H and O–H groups in total. The zero-order valence-corrected chi connectivity index (χ0v) is 11.7. The minimum atomic E-state index is 0.718. The summed E-state index contributed by atoms with van der Waals surface area (Å²) >= 11 is 0. The maximum Gasteiger partial charge on any atom is 0.150 e. The number of aldehydes is 1. The van der Waals surface area contributed by atoms with Gasteiger partial charge in [-0.05, 0) is 52.9 Å². The van der Waals surface area contributed by atoms with Gasteiger partial charge in [0.2, 0.25) is 0 Å². The van der Waals surface area contributed by atoms with Crippen LogP contribution in [0, 0.1) is 13.8 Å². The number of hydrogen-bond acceptors (Lipinski definition) is 1. The first kappa shape index (κ1) is 12.6. The summed E-state index contributed by atoms with van der Waals surface area (Å²) in [5.41, 5.74) is 5.49. The van der Waals surface area contributed by atoms with Crippen molar-refractivity contribution in [2.75, 3.05) is 0 Å². The van der Waals surface area contributed by atoms with Crippen molar-refractivity contribution in [1.82, 2.24) is 0 Å². The van der Waals surface area contributed by atoms with Gasteiger partial charge in [0.15, 0.2) is 0 Å². The average molecular weight is 260 g/mol. The van der Waals surface area contributed by atoms with Gasteiger partial charge in [-0.1, -0.05) is 48.5 Å². The van der Waals surface area contributed by atoms with Gasteiger partial charge in [0.05, 0.1) is 0 Å². The third kappa shape index (κ3) is 2.01. The quantitative estimate of drug-likeness (QED) is 0.597. The van der Waals surface area contributed by atoms with Crippen molar-refractivity contribution < 1.29 is 4.79 Å². The summed E-state index contributed by atoms with van der Waals surface area (Å²) in [6, 6.07) is 18.5. The predicted octanol–water partition coefficient (Wildman–Crippen LogP) is 4.94. The van der Waals surface area contributed by atoms with E-state index in [1.807, 2.05) is 18.2 Å². The maximum atomic E-state index is 11.0. The van der Waals surface area contributed by atoms with Crippen LogP contribution in [0.5, 0.6) is 0 Å². The highest BCUT2D eigenvalue weighted by Gasteiger charge is 2.08. The van der Waals surface area contributed by atoms with Crippen molar-refractivity contribution in [3.05, 3.63) is 71.3 Å². The molecule has 0 saturated heterocycles. The molecule has 0 aliphatic heterocycles. The van der Waals surface area contributed by atoms with Gasteiger partial charge in [0.25, 0.3) is 0 Å². The molecule has 3 aromatic carbocycles. The monoisotopic (exact) mass is 260 g/mol. The molecular weight excluding hydrogens is 244 g/mol. The standard InChI is InChI=1S/C19H16O/c1-13-8-10-18(17-6-4-3-5-16(13)17)19-11-15(12-20)9-7-14(19)2/h3-12H,1-2H3. The van der Waals surface area contributed by atoms with Crippen molar-refractivity contribution in [3.63, 3.8) is 0 Å². The van der Waals surface area contributed by atoms with Crippen LogP contribution in [0.1, 0.15) is 21.5 Å².